The van der Waals surface area contributed by atoms with Gasteiger partial charge in [0.15, 0.2) is 0 Å². The average molecular weight is 312 g/mol. The van der Waals surface area contributed by atoms with Gasteiger partial charge in [-0.15, -0.1) is 0 Å². The number of nitrogens with two attached hydrogens (primary N) is 1. The van der Waals surface area contributed by atoms with Crippen LogP contribution in [0.25, 0.3) is 0 Å². The Morgan fingerprint density at radius 2 is 1.65 bits per heavy atom. The molecule has 0 amide bonds. The number of hydrogen-bond donors (Lipinski definition) is 1. The van der Waals surface area contributed by atoms with Gasteiger partial charge in [0.25, 0.3) is 0 Å². The van der Waals surface area contributed by atoms with Gasteiger partial charge in [-0.1, -0.05) is 47.0 Å². The van der Waals surface area contributed by atoms with E-state index in [4.69, 9.17) is 28.9 Å². The van der Waals surface area contributed by atoms with Gasteiger partial charge in [0, 0.05) is 5.02 Å². The lowest BCUT2D eigenvalue weighted by molar-refractivity contribution is 0.579. The van der Waals surface area contributed by atoms with Gasteiger partial charge < -0.3 is 5.73 Å². The number of benzene rings is 2. The van der Waals surface area contributed by atoms with Crippen LogP contribution < -0.4 is 5.73 Å². The van der Waals surface area contributed by atoms with Gasteiger partial charge in [0.1, 0.15) is 5.82 Å². The summed E-state index contributed by atoms with van der Waals surface area (Å²) in [6, 6.07) is 8.67. The lowest BCUT2D eigenvalue weighted by atomic mass is 9.82. The minimum absolute atomic E-state index is 0.00446. The fourth-order valence-electron chi connectivity index (χ4n) is 2.46. The molecular weight excluding hydrogens is 296 g/mol. The van der Waals surface area contributed by atoms with Gasteiger partial charge in [-0.2, -0.15) is 0 Å². The van der Waals surface area contributed by atoms with E-state index in [1.807, 2.05) is 39.0 Å². The van der Waals surface area contributed by atoms with Crippen LogP contribution in [0.4, 0.5) is 4.39 Å². The molecule has 2 aromatic carbocycles. The molecule has 4 heteroatoms. The van der Waals surface area contributed by atoms with E-state index in [2.05, 4.69) is 0 Å². The zero-order chi connectivity index (χ0) is 15.1. The highest BCUT2D eigenvalue weighted by Crippen LogP contribution is 2.36. The Hall–Kier alpha value is -1.09. The molecule has 0 bridgehead atoms. The third-order valence-corrected chi connectivity index (χ3v) is 4.11. The van der Waals surface area contributed by atoms with Crippen molar-refractivity contribution in [3.05, 3.63) is 68.4 Å². The molecule has 0 radical (unpaired) electrons. The first-order valence-electron chi connectivity index (χ1n) is 6.25. The third kappa shape index (κ3) is 2.69. The van der Waals surface area contributed by atoms with Crippen LogP contribution in [0.15, 0.2) is 30.3 Å². The minimum atomic E-state index is -0.889. The van der Waals surface area contributed by atoms with Crippen molar-refractivity contribution < 1.29 is 4.39 Å². The van der Waals surface area contributed by atoms with Crippen molar-refractivity contribution in [1.29, 1.82) is 0 Å². The predicted octanol–water partition coefficient (Wildman–Crippen LogP) is 4.97. The second kappa shape index (κ2) is 5.36. The van der Waals surface area contributed by atoms with Crippen molar-refractivity contribution in [2.75, 3.05) is 0 Å². The van der Waals surface area contributed by atoms with Crippen LogP contribution >= 0.6 is 23.2 Å². The Morgan fingerprint density at radius 1 is 1.00 bits per heavy atom. The summed E-state index contributed by atoms with van der Waals surface area (Å²) in [5.41, 5.74) is 9.17. The van der Waals surface area contributed by atoms with Gasteiger partial charge in [-0.05, 0) is 49.6 Å². The molecule has 0 heterocycles. The number of rotatable bonds is 2. The topological polar surface area (TPSA) is 26.0 Å². The molecule has 0 aliphatic heterocycles. The maximum Gasteiger partial charge on any atom is 0.142 e. The number of hydrogen-bond acceptors (Lipinski definition) is 1. The summed E-state index contributed by atoms with van der Waals surface area (Å²) in [6.45, 7) is 5.81. The molecule has 2 N–H and O–H groups in total. The Kier molecular flexibility index (Phi) is 4.10. The summed E-state index contributed by atoms with van der Waals surface area (Å²) in [4.78, 5) is 0. The van der Waals surface area contributed by atoms with Gasteiger partial charge in [0.2, 0.25) is 0 Å². The minimum Gasteiger partial charge on any atom is -0.318 e. The van der Waals surface area contributed by atoms with Crippen LogP contribution in [-0.4, -0.2) is 0 Å². The summed E-state index contributed by atoms with van der Waals surface area (Å²) in [7, 11) is 0. The van der Waals surface area contributed by atoms with Gasteiger partial charge in [0.05, 0.1) is 10.6 Å². The Balaban J connectivity index is 2.63. The molecule has 20 heavy (non-hydrogen) atoms. The van der Waals surface area contributed by atoms with E-state index >= 15 is 0 Å². The molecule has 1 nitrogen and oxygen atoms in total. The largest absolute Gasteiger partial charge is 0.318 e. The lowest BCUT2D eigenvalue weighted by Gasteiger charge is -2.29. The van der Waals surface area contributed by atoms with Crippen molar-refractivity contribution in [2.45, 2.75) is 26.3 Å². The van der Waals surface area contributed by atoms with Crippen LogP contribution in [-0.2, 0) is 5.54 Å². The first-order chi connectivity index (χ1) is 9.23. The highest BCUT2D eigenvalue weighted by Gasteiger charge is 2.28. The van der Waals surface area contributed by atoms with Crippen molar-refractivity contribution >= 4 is 23.2 Å². The molecule has 1 atom stereocenters. The maximum atomic E-state index is 13.7. The van der Waals surface area contributed by atoms with E-state index in [0.717, 1.165) is 16.7 Å². The molecule has 1 unspecified atom stereocenters. The fourth-order valence-corrected chi connectivity index (χ4v) is 3.04. The molecule has 0 saturated carbocycles. The molecule has 106 valence electrons. The molecule has 0 aromatic heterocycles. The van der Waals surface area contributed by atoms with E-state index in [0.29, 0.717) is 10.6 Å². The van der Waals surface area contributed by atoms with Gasteiger partial charge >= 0.3 is 0 Å². The zero-order valence-corrected chi connectivity index (χ0v) is 13.1. The summed E-state index contributed by atoms with van der Waals surface area (Å²) in [6.07, 6.45) is 0. The van der Waals surface area contributed by atoms with E-state index in [1.54, 1.807) is 0 Å². The molecule has 0 aliphatic carbocycles. The van der Waals surface area contributed by atoms with E-state index in [1.165, 1.54) is 12.1 Å². The van der Waals surface area contributed by atoms with Crippen molar-refractivity contribution in [3.8, 4) is 0 Å². The van der Waals surface area contributed by atoms with Crippen molar-refractivity contribution in [1.82, 2.24) is 0 Å². The summed E-state index contributed by atoms with van der Waals surface area (Å²) in [5, 5.41) is 0.358. The maximum absolute atomic E-state index is 13.7. The second-order valence-corrected chi connectivity index (χ2v) is 6.08. The normalized spacial score (nSPS) is 14.2. The third-order valence-electron chi connectivity index (χ3n) is 3.51. The van der Waals surface area contributed by atoms with Crippen LogP contribution in [0.1, 0.15) is 29.2 Å². The summed E-state index contributed by atoms with van der Waals surface area (Å²) >= 11 is 11.9. The molecular formula is C16H16Cl2FN. The van der Waals surface area contributed by atoms with Crippen molar-refractivity contribution in [2.24, 2.45) is 5.73 Å². The van der Waals surface area contributed by atoms with Crippen LogP contribution in [0.2, 0.25) is 10.0 Å². The Morgan fingerprint density at radius 3 is 2.25 bits per heavy atom. The molecule has 0 fully saturated rings. The molecule has 0 aliphatic rings. The number of aryl methyl sites for hydroxylation is 2. The molecule has 0 spiro atoms. The molecule has 0 saturated heterocycles. The first kappa shape index (κ1) is 15.3. The first-order valence-corrected chi connectivity index (χ1v) is 7.00. The number of halogens is 3. The van der Waals surface area contributed by atoms with E-state index in [-0.39, 0.29) is 5.02 Å². The van der Waals surface area contributed by atoms with Gasteiger partial charge in [-0.25, -0.2) is 4.39 Å². The highest BCUT2D eigenvalue weighted by atomic mass is 35.5. The van der Waals surface area contributed by atoms with Crippen molar-refractivity contribution in [3.63, 3.8) is 0 Å². The zero-order valence-electron chi connectivity index (χ0n) is 11.6. The van der Waals surface area contributed by atoms with Crippen LogP contribution in [0.5, 0.6) is 0 Å². The monoisotopic (exact) mass is 311 g/mol. The van der Waals surface area contributed by atoms with E-state index in [9.17, 15) is 4.39 Å². The Labute approximate surface area is 128 Å². The molecule has 2 aromatic rings. The summed E-state index contributed by atoms with van der Waals surface area (Å²) in [5.74, 6) is -0.521. The van der Waals surface area contributed by atoms with Crippen LogP contribution in [0, 0.1) is 19.7 Å². The fraction of sp³-hybridized carbons (Fsp3) is 0.250. The highest BCUT2D eigenvalue weighted by molar-refractivity contribution is 6.35. The average Bonchev–Trinajstić information content (AvgIpc) is 2.33. The predicted molar refractivity (Wildman–Crippen MR) is 83.0 cm³/mol. The smallest absolute Gasteiger partial charge is 0.142 e. The quantitative estimate of drug-likeness (QED) is 0.778. The lowest BCUT2D eigenvalue weighted by Crippen LogP contribution is -2.35. The SMILES string of the molecule is Cc1ccc(C(C)(N)c2cc(F)c(Cl)cc2Cl)c(C)c1. The Bertz CT molecular complexity index is 666. The second-order valence-electron chi connectivity index (χ2n) is 5.27. The summed E-state index contributed by atoms with van der Waals surface area (Å²) < 4.78 is 13.7. The molecule has 2 rings (SSSR count). The van der Waals surface area contributed by atoms with Gasteiger partial charge in [-0.3, -0.25) is 0 Å². The van der Waals surface area contributed by atoms with Crippen LogP contribution in [0.3, 0.4) is 0 Å². The van der Waals surface area contributed by atoms with E-state index < -0.39 is 11.4 Å². The standard InChI is InChI=1S/C16H16Cl2FN/c1-9-4-5-11(10(2)6-9)16(3,20)12-7-15(19)14(18)8-13(12)17/h4-8H,20H2,1-3H3.